The zero-order valence-electron chi connectivity index (χ0n) is 14.4. The first-order valence-corrected chi connectivity index (χ1v) is 13.1. The molecule has 0 aliphatic carbocycles. The molecule has 130 valence electrons. The molecule has 3 aromatic heterocycles. The summed E-state index contributed by atoms with van der Waals surface area (Å²) in [5.74, 6) is 0. The minimum atomic E-state index is -3.24. The summed E-state index contributed by atoms with van der Waals surface area (Å²) in [6.07, 6.45) is 9.38. The molecule has 26 heavy (non-hydrogen) atoms. The van der Waals surface area contributed by atoms with Crippen LogP contribution in [-0.4, -0.2) is 13.3 Å². The Hall–Kier alpha value is -2.66. The van der Waals surface area contributed by atoms with Gasteiger partial charge in [0.05, 0.1) is 0 Å². The summed E-state index contributed by atoms with van der Waals surface area (Å²) in [6, 6.07) is 22.4. The topological polar surface area (TPSA) is 39.4 Å². The molecule has 1 aromatic carbocycles. The van der Waals surface area contributed by atoms with Crippen LogP contribution in [0.3, 0.4) is 0 Å². The van der Waals surface area contributed by atoms with Gasteiger partial charge < -0.3 is 0 Å². The van der Waals surface area contributed by atoms with Crippen molar-refractivity contribution < 1.29 is 13.3 Å². The number of benzene rings is 1. The zero-order chi connectivity index (χ0) is 17.7. The van der Waals surface area contributed by atoms with Crippen LogP contribution in [0.5, 0.6) is 0 Å². The van der Waals surface area contributed by atoms with Gasteiger partial charge in [0.2, 0.25) is 0 Å². The summed E-state index contributed by atoms with van der Waals surface area (Å²) < 4.78 is 20.5. The predicted molar refractivity (Wildman–Crippen MR) is 105 cm³/mol. The van der Waals surface area contributed by atoms with E-state index in [1.807, 2.05) is 42.5 Å². The van der Waals surface area contributed by atoms with Crippen molar-refractivity contribution in [3.05, 3.63) is 102 Å². The van der Waals surface area contributed by atoms with E-state index in [4.69, 9.17) is 13.3 Å². The van der Waals surface area contributed by atoms with Crippen molar-refractivity contribution in [1.29, 1.82) is 0 Å². The molecule has 0 atom stereocenters. The summed E-state index contributed by atoms with van der Waals surface area (Å²) in [7, 11) is 0. The molecule has 4 heteroatoms. The van der Waals surface area contributed by atoms with E-state index in [0.29, 0.717) is 0 Å². The number of allylic oxidation sites excluding steroid dienone is 1. The van der Waals surface area contributed by atoms with E-state index in [2.05, 4.69) is 35.3 Å². The van der Waals surface area contributed by atoms with Crippen LogP contribution in [0.25, 0.3) is 0 Å². The van der Waals surface area contributed by atoms with E-state index in [-0.39, 0.29) is 0 Å². The van der Waals surface area contributed by atoms with Gasteiger partial charge in [0.1, 0.15) is 0 Å². The zero-order valence-corrected chi connectivity index (χ0v) is 16.5. The fraction of sp³-hybridized carbons (Fsp3) is 0.0909. The van der Waals surface area contributed by atoms with Crippen molar-refractivity contribution in [3.8, 4) is 0 Å². The third-order valence-corrected chi connectivity index (χ3v) is 12.8. The molecule has 0 aliphatic heterocycles. The van der Waals surface area contributed by atoms with Crippen molar-refractivity contribution >= 4 is 27.0 Å². The molecule has 0 unspecified atom stereocenters. The second-order valence-electron chi connectivity index (χ2n) is 6.17. The van der Waals surface area contributed by atoms with E-state index in [1.165, 1.54) is 5.56 Å². The molecule has 3 heterocycles. The van der Waals surface area contributed by atoms with Gasteiger partial charge in [-0.25, -0.2) is 0 Å². The fourth-order valence-electron chi connectivity index (χ4n) is 3.27. The average Bonchev–Trinajstić information content (AvgIpc) is 3.46. The van der Waals surface area contributed by atoms with E-state index in [0.717, 1.165) is 26.6 Å². The molecule has 0 saturated carbocycles. The number of aryl methyl sites for hydroxylation is 1. The van der Waals surface area contributed by atoms with Crippen LogP contribution in [-0.2, 0) is 6.42 Å². The van der Waals surface area contributed by atoms with E-state index < -0.39 is 13.3 Å². The van der Waals surface area contributed by atoms with Crippen molar-refractivity contribution in [2.45, 2.75) is 12.8 Å². The normalized spacial score (nSPS) is 12.0. The molecule has 0 bridgehead atoms. The molecule has 4 aromatic rings. The van der Waals surface area contributed by atoms with E-state index in [9.17, 15) is 0 Å². The molecular weight excluding hydrogens is 385 g/mol. The van der Waals surface area contributed by atoms with E-state index >= 15 is 0 Å². The van der Waals surface area contributed by atoms with Crippen LogP contribution in [0.2, 0.25) is 0 Å². The first-order chi connectivity index (χ1) is 12.9. The van der Waals surface area contributed by atoms with Crippen molar-refractivity contribution in [1.82, 2.24) is 0 Å². The molecule has 0 aliphatic rings. The van der Waals surface area contributed by atoms with Gasteiger partial charge in [0.25, 0.3) is 0 Å². The summed E-state index contributed by atoms with van der Waals surface area (Å²) in [6.45, 7) is 0. The molecular formula is C22H20GeO3. The van der Waals surface area contributed by atoms with Gasteiger partial charge in [-0.1, -0.05) is 0 Å². The van der Waals surface area contributed by atoms with Gasteiger partial charge >= 0.3 is 155 Å². The summed E-state index contributed by atoms with van der Waals surface area (Å²) in [5.41, 5.74) is 1.34. The molecule has 0 radical (unpaired) electrons. The van der Waals surface area contributed by atoms with Gasteiger partial charge in [0.15, 0.2) is 0 Å². The SMILES string of the molecule is C(=[CH]\[Ge]([c]1ccco1)([c]1ccco1)[c]1ccco1)/CCc1ccccc1. The summed E-state index contributed by atoms with van der Waals surface area (Å²) >= 11 is -3.24. The Morgan fingerprint density at radius 3 is 1.65 bits per heavy atom. The van der Waals surface area contributed by atoms with Crippen LogP contribution in [0.4, 0.5) is 0 Å². The van der Waals surface area contributed by atoms with Crippen LogP contribution in [0.1, 0.15) is 12.0 Å². The average molecular weight is 405 g/mol. The van der Waals surface area contributed by atoms with Crippen LogP contribution in [0, 0.1) is 0 Å². The third-order valence-electron chi connectivity index (χ3n) is 4.54. The van der Waals surface area contributed by atoms with Gasteiger partial charge in [-0.3, -0.25) is 0 Å². The van der Waals surface area contributed by atoms with Crippen LogP contribution in [0.15, 0.2) is 110 Å². The standard InChI is InChI=1S/C22H20GeO3/c1-2-9-19(10-3-1)11-4-5-15-23(20-12-6-16-24-20,21-13-7-17-25-21)22-14-8-18-26-22/h1-3,5-10,12-18H,4,11H2/b15-5+. The maximum absolute atomic E-state index is 5.87. The van der Waals surface area contributed by atoms with Gasteiger partial charge in [-0.2, -0.15) is 0 Å². The molecule has 0 fully saturated rings. The number of hydrogen-bond donors (Lipinski definition) is 0. The Kier molecular flexibility index (Phi) is 4.98. The first-order valence-electron chi connectivity index (χ1n) is 8.73. The molecule has 4 rings (SSSR count). The minimum absolute atomic E-state index is 0.950. The Labute approximate surface area is 155 Å². The molecule has 0 amide bonds. The molecule has 0 saturated heterocycles. The first kappa shape index (κ1) is 16.8. The second kappa shape index (κ2) is 7.71. The van der Waals surface area contributed by atoms with Crippen molar-refractivity contribution in [2.24, 2.45) is 0 Å². The predicted octanol–water partition coefficient (Wildman–Crippen LogP) is 3.66. The van der Waals surface area contributed by atoms with E-state index in [1.54, 1.807) is 18.8 Å². The van der Waals surface area contributed by atoms with Gasteiger partial charge in [-0.15, -0.1) is 0 Å². The quantitative estimate of drug-likeness (QED) is 0.441. The van der Waals surface area contributed by atoms with Crippen molar-refractivity contribution in [2.75, 3.05) is 0 Å². The van der Waals surface area contributed by atoms with Gasteiger partial charge in [0, 0.05) is 0 Å². The second-order valence-corrected chi connectivity index (χ2v) is 13.4. The number of hydrogen-bond acceptors (Lipinski definition) is 3. The Bertz CT molecular complexity index is 837. The maximum atomic E-state index is 5.87. The Morgan fingerprint density at radius 1 is 0.654 bits per heavy atom. The molecule has 0 spiro atoms. The Morgan fingerprint density at radius 2 is 1.19 bits per heavy atom. The van der Waals surface area contributed by atoms with Crippen molar-refractivity contribution in [3.63, 3.8) is 0 Å². The van der Waals surface area contributed by atoms with Crippen LogP contribution >= 0.6 is 0 Å². The number of rotatable bonds is 7. The molecule has 3 nitrogen and oxygen atoms in total. The summed E-state index contributed by atoms with van der Waals surface area (Å²) in [4.78, 5) is 2.30. The fourth-order valence-corrected chi connectivity index (χ4v) is 10.8. The summed E-state index contributed by atoms with van der Waals surface area (Å²) in [5, 5.41) is 0. The third kappa shape index (κ3) is 3.22. The van der Waals surface area contributed by atoms with Gasteiger partial charge in [-0.05, 0) is 0 Å². The monoisotopic (exact) mass is 406 g/mol. The molecule has 0 N–H and O–H groups in total. The van der Waals surface area contributed by atoms with Crippen LogP contribution < -0.4 is 13.8 Å². The number of furan rings is 3. The Balaban J connectivity index is 1.70.